The number of amides is 1. The van der Waals surface area contributed by atoms with Crippen LogP contribution in [0, 0.1) is 0 Å². The molecule has 1 rings (SSSR count). The van der Waals surface area contributed by atoms with Gasteiger partial charge < -0.3 is 15.2 Å². The van der Waals surface area contributed by atoms with Crippen LogP contribution < -0.4 is 10.1 Å². The first-order chi connectivity index (χ1) is 9.16. The molecule has 1 atom stereocenters. The van der Waals surface area contributed by atoms with Crippen molar-refractivity contribution in [1.29, 1.82) is 0 Å². The van der Waals surface area contributed by atoms with Gasteiger partial charge in [-0.3, -0.25) is 4.79 Å². The fourth-order valence-electron chi connectivity index (χ4n) is 1.41. The largest absolute Gasteiger partial charge is 0.496 e. The van der Waals surface area contributed by atoms with E-state index in [0.717, 1.165) is 6.07 Å². The monoisotopic (exact) mass is 311 g/mol. The minimum atomic E-state index is -5.19. The predicted octanol–water partition coefficient (Wildman–Crippen LogP) is 2.15. The Kier molecular flexibility index (Phi) is 4.83. The van der Waals surface area contributed by atoms with Gasteiger partial charge in [0.2, 0.25) is 0 Å². The number of alkyl halides is 3. The molecule has 0 heterocycles. The van der Waals surface area contributed by atoms with E-state index >= 15 is 0 Å². The van der Waals surface area contributed by atoms with Crippen LogP contribution in [0.3, 0.4) is 0 Å². The van der Waals surface area contributed by atoms with Crippen LogP contribution in [0.25, 0.3) is 0 Å². The van der Waals surface area contributed by atoms with Crippen molar-refractivity contribution >= 4 is 23.5 Å². The molecule has 0 bridgehead atoms. The van der Waals surface area contributed by atoms with Crippen LogP contribution in [0.5, 0.6) is 5.75 Å². The summed E-state index contributed by atoms with van der Waals surface area (Å²) in [4.78, 5) is 21.9. The lowest BCUT2D eigenvalue weighted by Gasteiger charge is -2.18. The van der Waals surface area contributed by atoms with Gasteiger partial charge in [0.15, 0.2) is 6.04 Å². The molecule has 0 aliphatic carbocycles. The Labute approximate surface area is 116 Å². The van der Waals surface area contributed by atoms with Crippen molar-refractivity contribution in [3.05, 3.63) is 28.8 Å². The Morgan fingerprint density at radius 1 is 1.40 bits per heavy atom. The summed E-state index contributed by atoms with van der Waals surface area (Å²) in [5.74, 6) is -4.07. The molecule has 0 aliphatic heterocycles. The number of carboxylic acids is 1. The summed E-state index contributed by atoms with van der Waals surface area (Å²) >= 11 is 5.66. The van der Waals surface area contributed by atoms with Gasteiger partial charge >= 0.3 is 18.1 Å². The number of benzene rings is 1. The fraction of sp³-hybridized carbons (Fsp3) is 0.273. The summed E-state index contributed by atoms with van der Waals surface area (Å²) in [6, 6.07) is 1.76. The number of hydrogen-bond donors (Lipinski definition) is 2. The van der Waals surface area contributed by atoms with E-state index in [-0.39, 0.29) is 16.3 Å². The zero-order chi connectivity index (χ0) is 15.5. The van der Waals surface area contributed by atoms with Crippen molar-refractivity contribution in [3.63, 3.8) is 0 Å². The van der Waals surface area contributed by atoms with Crippen LogP contribution in [-0.2, 0) is 9.59 Å². The smallest absolute Gasteiger partial charge is 0.471 e. The van der Waals surface area contributed by atoms with E-state index in [0.29, 0.717) is 0 Å². The second-order valence-corrected chi connectivity index (χ2v) is 4.07. The molecule has 2 N–H and O–H groups in total. The van der Waals surface area contributed by atoms with Crippen molar-refractivity contribution in [1.82, 2.24) is 5.32 Å². The van der Waals surface area contributed by atoms with Gasteiger partial charge in [0.1, 0.15) is 5.75 Å². The van der Waals surface area contributed by atoms with Gasteiger partial charge in [-0.15, -0.1) is 0 Å². The molecule has 0 saturated carbocycles. The molecule has 1 amide bonds. The summed E-state index contributed by atoms with van der Waals surface area (Å²) in [6.45, 7) is 0. The minimum absolute atomic E-state index is 0.0487. The first-order valence-corrected chi connectivity index (χ1v) is 5.48. The highest BCUT2D eigenvalue weighted by Gasteiger charge is 2.41. The lowest BCUT2D eigenvalue weighted by molar-refractivity contribution is -0.175. The van der Waals surface area contributed by atoms with E-state index in [1.807, 2.05) is 0 Å². The van der Waals surface area contributed by atoms with Gasteiger partial charge in [0.25, 0.3) is 0 Å². The first kappa shape index (κ1) is 16.1. The van der Waals surface area contributed by atoms with E-state index in [1.165, 1.54) is 24.6 Å². The fourth-order valence-corrected chi connectivity index (χ4v) is 1.57. The van der Waals surface area contributed by atoms with Gasteiger partial charge in [-0.1, -0.05) is 17.7 Å². The Morgan fingerprint density at radius 2 is 2.00 bits per heavy atom. The summed E-state index contributed by atoms with van der Waals surface area (Å²) in [6.07, 6.45) is -5.19. The summed E-state index contributed by atoms with van der Waals surface area (Å²) in [5.41, 5.74) is -0.151. The molecule has 0 aliphatic rings. The van der Waals surface area contributed by atoms with Crippen molar-refractivity contribution in [3.8, 4) is 5.75 Å². The van der Waals surface area contributed by atoms with E-state index in [4.69, 9.17) is 21.4 Å². The second kappa shape index (κ2) is 6.00. The summed E-state index contributed by atoms with van der Waals surface area (Å²) in [5, 5.41) is 10.5. The van der Waals surface area contributed by atoms with Crippen LogP contribution in [0.4, 0.5) is 13.2 Å². The van der Waals surface area contributed by atoms with Crippen LogP contribution in [0.2, 0.25) is 5.02 Å². The van der Waals surface area contributed by atoms with Crippen LogP contribution in [0.15, 0.2) is 18.2 Å². The molecule has 110 valence electrons. The van der Waals surface area contributed by atoms with Crippen LogP contribution in [-0.4, -0.2) is 30.3 Å². The van der Waals surface area contributed by atoms with Gasteiger partial charge in [-0.2, -0.15) is 13.2 Å². The third-order valence-electron chi connectivity index (χ3n) is 2.29. The molecule has 0 radical (unpaired) electrons. The number of carbonyl (C=O) groups is 2. The van der Waals surface area contributed by atoms with Gasteiger partial charge in [0, 0.05) is 10.6 Å². The van der Waals surface area contributed by atoms with E-state index < -0.39 is 24.1 Å². The van der Waals surface area contributed by atoms with Crippen molar-refractivity contribution in [2.75, 3.05) is 7.11 Å². The molecule has 1 aromatic carbocycles. The number of rotatable bonds is 4. The normalized spacial score (nSPS) is 12.7. The number of hydrogen-bond acceptors (Lipinski definition) is 3. The first-order valence-electron chi connectivity index (χ1n) is 5.10. The molecule has 9 heteroatoms. The maximum Gasteiger partial charge on any atom is 0.471 e. The maximum absolute atomic E-state index is 12.2. The highest BCUT2D eigenvalue weighted by Crippen LogP contribution is 2.29. The van der Waals surface area contributed by atoms with Gasteiger partial charge in [-0.25, -0.2) is 4.79 Å². The SMILES string of the molecule is COc1cc(Cl)ccc1C(NC(=O)C(F)(F)F)C(=O)O. The van der Waals surface area contributed by atoms with E-state index in [9.17, 15) is 22.8 Å². The molecule has 0 spiro atoms. The molecule has 1 aromatic rings. The summed E-state index contributed by atoms with van der Waals surface area (Å²) < 4.78 is 41.4. The number of aliphatic carboxylic acids is 1. The second-order valence-electron chi connectivity index (χ2n) is 3.63. The maximum atomic E-state index is 12.2. The molecule has 5 nitrogen and oxygen atoms in total. The molecule has 20 heavy (non-hydrogen) atoms. The van der Waals surface area contributed by atoms with E-state index in [1.54, 1.807) is 0 Å². The minimum Gasteiger partial charge on any atom is -0.496 e. The Bertz CT molecular complexity index is 533. The number of carbonyl (C=O) groups excluding carboxylic acids is 1. The standard InChI is InChI=1S/C11H9ClF3NO4/c1-20-7-4-5(12)2-3-6(7)8(9(17)18)16-10(19)11(13,14)15/h2-4,8H,1H3,(H,16,19)(H,17,18). The Morgan fingerprint density at radius 3 is 2.45 bits per heavy atom. The number of methoxy groups -OCH3 is 1. The predicted molar refractivity (Wildman–Crippen MR) is 62.6 cm³/mol. The van der Waals surface area contributed by atoms with Gasteiger partial charge in [-0.05, 0) is 12.1 Å². The van der Waals surface area contributed by atoms with Crippen molar-refractivity contribution < 1.29 is 32.6 Å². The van der Waals surface area contributed by atoms with Crippen molar-refractivity contribution in [2.45, 2.75) is 12.2 Å². The number of nitrogens with one attached hydrogen (secondary N) is 1. The highest BCUT2D eigenvalue weighted by molar-refractivity contribution is 6.30. The van der Waals surface area contributed by atoms with Crippen LogP contribution >= 0.6 is 11.6 Å². The molecular formula is C11H9ClF3NO4. The highest BCUT2D eigenvalue weighted by atomic mass is 35.5. The third-order valence-corrected chi connectivity index (χ3v) is 2.52. The van der Waals surface area contributed by atoms with Crippen LogP contribution in [0.1, 0.15) is 11.6 Å². The molecule has 0 fully saturated rings. The number of carboxylic acid groups (broad SMARTS) is 1. The zero-order valence-corrected chi connectivity index (χ0v) is 10.7. The third kappa shape index (κ3) is 3.77. The molecule has 0 aromatic heterocycles. The number of ether oxygens (including phenoxy) is 1. The van der Waals surface area contributed by atoms with E-state index in [2.05, 4.69) is 0 Å². The summed E-state index contributed by atoms with van der Waals surface area (Å²) in [7, 11) is 1.19. The quantitative estimate of drug-likeness (QED) is 0.893. The van der Waals surface area contributed by atoms with Crippen molar-refractivity contribution in [2.24, 2.45) is 0 Å². The lowest BCUT2D eigenvalue weighted by atomic mass is 10.1. The topological polar surface area (TPSA) is 75.6 Å². The molecule has 0 saturated heterocycles. The Hall–Kier alpha value is -1.96. The zero-order valence-electron chi connectivity index (χ0n) is 9.99. The molecule has 1 unspecified atom stereocenters. The number of halogens is 4. The lowest BCUT2D eigenvalue weighted by Crippen LogP contribution is -2.42. The van der Waals surface area contributed by atoms with Gasteiger partial charge in [0.05, 0.1) is 7.11 Å². The average molecular weight is 312 g/mol. The average Bonchev–Trinajstić information content (AvgIpc) is 2.34. The molecular weight excluding hydrogens is 303 g/mol. The Balaban J connectivity index is 3.16.